The van der Waals surface area contributed by atoms with Crippen molar-refractivity contribution in [1.29, 1.82) is 0 Å². The predicted octanol–water partition coefficient (Wildman–Crippen LogP) is 6.21. The number of carbonyl (C=O) groups is 1. The number of halogens is 5. The molecule has 2 aromatic carbocycles. The zero-order valence-corrected chi connectivity index (χ0v) is 19.9. The lowest BCUT2D eigenvalue weighted by Crippen LogP contribution is -2.39. The molecule has 4 nitrogen and oxygen atoms in total. The fourth-order valence-electron chi connectivity index (χ4n) is 4.37. The van der Waals surface area contributed by atoms with Crippen molar-refractivity contribution in [3.8, 4) is 11.1 Å². The minimum absolute atomic E-state index is 0.0347. The number of nitrogens with zero attached hydrogens (tertiary/aromatic N) is 3. The number of aryl methyl sites for hydroxylation is 2. The average Bonchev–Trinajstić information content (AvgIpc) is 3.17. The summed E-state index contributed by atoms with van der Waals surface area (Å²) in [6, 6.07) is 7.86. The number of hydrogen-bond acceptors (Lipinski definition) is 2. The molecular weight excluding hydrogens is 502 g/mol. The zero-order valence-electron chi connectivity index (χ0n) is 18.3. The minimum atomic E-state index is -4.62. The van der Waals surface area contributed by atoms with Crippen LogP contribution in [0.25, 0.3) is 11.1 Å². The van der Waals surface area contributed by atoms with E-state index in [1.807, 2.05) is 6.92 Å². The van der Waals surface area contributed by atoms with Crippen LogP contribution in [0.15, 0.2) is 36.5 Å². The van der Waals surface area contributed by atoms with E-state index in [4.69, 9.17) is 0 Å². The van der Waals surface area contributed by atoms with Crippen molar-refractivity contribution in [3.63, 3.8) is 0 Å². The van der Waals surface area contributed by atoms with E-state index in [2.05, 4.69) is 21.0 Å². The van der Waals surface area contributed by atoms with E-state index in [1.54, 1.807) is 36.1 Å². The number of fused-ring (bicyclic) bond motifs is 1. The minimum Gasteiger partial charge on any atom is -0.332 e. The first-order valence-electron chi connectivity index (χ1n) is 10.4. The van der Waals surface area contributed by atoms with Crippen LogP contribution in [0.3, 0.4) is 0 Å². The summed E-state index contributed by atoms with van der Waals surface area (Å²) in [5.74, 6) is -0.572. The molecule has 0 bridgehead atoms. The van der Waals surface area contributed by atoms with Crippen LogP contribution in [-0.4, -0.2) is 27.1 Å². The predicted molar refractivity (Wildman–Crippen MR) is 121 cm³/mol. The summed E-state index contributed by atoms with van der Waals surface area (Å²) in [6.45, 7) is 3.87. The third-order valence-electron chi connectivity index (χ3n) is 6.08. The molecule has 4 rings (SSSR count). The molecule has 0 saturated carbocycles. The zero-order chi connectivity index (χ0) is 24.1. The maximum absolute atomic E-state index is 13.7. The van der Waals surface area contributed by atoms with E-state index in [-0.39, 0.29) is 23.3 Å². The molecule has 1 atom stereocenters. The summed E-state index contributed by atoms with van der Waals surface area (Å²) in [5, 5.41) is 4.02. The van der Waals surface area contributed by atoms with Crippen LogP contribution in [0.4, 0.5) is 17.6 Å². The van der Waals surface area contributed by atoms with Crippen molar-refractivity contribution in [2.24, 2.45) is 7.05 Å². The number of amides is 1. The number of rotatable bonds is 4. The molecule has 0 unspecified atom stereocenters. The number of carbonyl (C=O) groups excluding carboxylic acids is 1. The van der Waals surface area contributed by atoms with Crippen LogP contribution >= 0.6 is 15.9 Å². The number of benzene rings is 2. The van der Waals surface area contributed by atoms with Gasteiger partial charge in [0.1, 0.15) is 5.82 Å². The summed E-state index contributed by atoms with van der Waals surface area (Å²) >= 11 is 3.37. The Bertz CT molecular complexity index is 1240. The van der Waals surface area contributed by atoms with Crippen LogP contribution < -0.4 is 0 Å². The third-order valence-corrected chi connectivity index (χ3v) is 6.72. The van der Waals surface area contributed by atoms with Crippen molar-refractivity contribution >= 4 is 21.8 Å². The highest BCUT2D eigenvalue weighted by molar-refractivity contribution is 9.08. The quantitative estimate of drug-likeness (QED) is 0.301. The molecule has 1 amide bonds. The van der Waals surface area contributed by atoms with Gasteiger partial charge in [-0.1, -0.05) is 28.1 Å². The van der Waals surface area contributed by atoms with E-state index in [0.717, 1.165) is 10.2 Å². The average molecular weight is 524 g/mol. The second-order valence-electron chi connectivity index (χ2n) is 8.30. The molecular formula is C24H22BrF4N3O. The van der Waals surface area contributed by atoms with Crippen LogP contribution in [-0.2, 0) is 25.0 Å². The molecule has 0 aliphatic carbocycles. The summed E-state index contributed by atoms with van der Waals surface area (Å²) in [5.41, 5.74) is 2.33. The lowest BCUT2D eigenvalue weighted by molar-refractivity contribution is -0.140. The largest absolute Gasteiger partial charge is 0.435 e. The van der Waals surface area contributed by atoms with E-state index in [1.165, 1.54) is 19.3 Å². The first kappa shape index (κ1) is 23.5. The SMILES string of the molecule is Cc1cc([C@H](C)N2CCc3c(cc(CBr)cc3-c3cn(C)nc3C(F)(F)F)C2=O)ccc1F. The van der Waals surface area contributed by atoms with Crippen LogP contribution in [0.5, 0.6) is 0 Å². The lowest BCUT2D eigenvalue weighted by Gasteiger charge is -2.35. The Labute approximate surface area is 197 Å². The molecule has 1 aliphatic rings. The van der Waals surface area contributed by atoms with Crippen LogP contribution in [0.2, 0.25) is 0 Å². The summed E-state index contributed by atoms with van der Waals surface area (Å²) in [7, 11) is 1.44. The van der Waals surface area contributed by atoms with E-state index in [9.17, 15) is 22.4 Å². The fourth-order valence-corrected chi connectivity index (χ4v) is 4.69. The molecule has 2 heterocycles. The molecule has 9 heteroatoms. The molecule has 0 radical (unpaired) electrons. The van der Waals surface area contributed by atoms with Crippen molar-refractivity contribution in [2.75, 3.05) is 6.54 Å². The number of aromatic nitrogens is 2. The van der Waals surface area contributed by atoms with E-state index >= 15 is 0 Å². The first-order valence-corrected chi connectivity index (χ1v) is 11.5. The van der Waals surface area contributed by atoms with Crippen molar-refractivity contribution < 1.29 is 22.4 Å². The lowest BCUT2D eigenvalue weighted by atomic mass is 9.87. The second kappa shape index (κ2) is 8.59. The van der Waals surface area contributed by atoms with Gasteiger partial charge in [0.15, 0.2) is 5.69 Å². The molecule has 0 fully saturated rings. The Hall–Kier alpha value is -2.68. The monoisotopic (exact) mass is 523 g/mol. The van der Waals surface area contributed by atoms with Crippen LogP contribution in [0.1, 0.15) is 51.3 Å². The van der Waals surface area contributed by atoms with Gasteiger partial charge in [0.25, 0.3) is 5.91 Å². The molecule has 0 spiro atoms. The van der Waals surface area contributed by atoms with Crippen molar-refractivity contribution in [1.82, 2.24) is 14.7 Å². The van der Waals surface area contributed by atoms with Gasteiger partial charge in [-0.25, -0.2) is 4.39 Å². The number of hydrogen-bond donors (Lipinski definition) is 0. The molecule has 33 heavy (non-hydrogen) atoms. The highest BCUT2D eigenvalue weighted by Crippen LogP contribution is 2.40. The maximum Gasteiger partial charge on any atom is 0.435 e. The fraction of sp³-hybridized carbons (Fsp3) is 0.333. The standard InChI is InChI=1S/C24H22BrF4N3O/c1-13-8-16(4-5-21(13)26)14(2)32-7-6-17-18(9-15(11-25)10-19(17)23(32)33)20-12-31(3)30-22(20)24(27,28)29/h4-5,8-10,12,14H,6-7,11H2,1-3H3/t14-/m0/s1. The van der Waals surface area contributed by atoms with Gasteiger partial charge in [0.2, 0.25) is 0 Å². The molecule has 0 saturated heterocycles. The van der Waals surface area contributed by atoms with Gasteiger partial charge in [0, 0.05) is 36.2 Å². The van der Waals surface area contributed by atoms with E-state index < -0.39 is 11.9 Å². The summed E-state index contributed by atoms with van der Waals surface area (Å²) in [4.78, 5) is 15.2. The Morgan fingerprint density at radius 2 is 1.85 bits per heavy atom. The Morgan fingerprint density at radius 3 is 2.48 bits per heavy atom. The third kappa shape index (κ3) is 4.30. The topological polar surface area (TPSA) is 38.1 Å². The maximum atomic E-state index is 13.7. The van der Waals surface area contributed by atoms with Gasteiger partial charge in [-0.05, 0) is 66.3 Å². The Kier molecular flexibility index (Phi) is 6.11. The first-order chi connectivity index (χ1) is 15.5. The van der Waals surface area contributed by atoms with Gasteiger partial charge < -0.3 is 4.90 Å². The van der Waals surface area contributed by atoms with Crippen LogP contribution in [0, 0.1) is 12.7 Å². The molecule has 1 aromatic heterocycles. The molecule has 0 N–H and O–H groups in total. The highest BCUT2D eigenvalue weighted by atomic mass is 79.9. The van der Waals surface area contributed by atoms with Gasteiger partial charge in [-0.15, -0.1) is 0 Å². The second-order valence-corrected chi connectivity index (χ2v) is 8.86. The van der Waals surface area contributed by atoms with Gasteiger partial charge in [-0.2, -0.15) is 18.3 Å². The molecule has 1 aliphatic heterocycles. The molecule has 3 aromatic rings. The van der Waals surface area contributed by atoms with Gasteiger partial charge in [-0.3, -0.25) is 9.48 Å². The van der Waals surface area contributed by atoms with Crippen molar-refractivity contribution in [3.05, 3.63) is 75.9 Å². The van der Waals surface area contributed by atoms with Gasteiger partial charge >= 0.3 is 6.18 Å². The van der Waals surface area contributed by atoms with Gasteiger partial charge in [0.05, 0.1) is 6.04 Å². The highest BCUT2D eigenvalue weighted by Gasteiger charge is 2.39. The Morgan fingerprint density at radius 1 is 1.15 bits per heavy atom. The number of alkyl halides is 4. The van der Waals surface area contributed by atoms with E-state index in [0.29, 0.717) is 46.1 Å². The summed E-state index contributed by atoms with van der Waals surface area (Å²) in [6.07, 6.45) is -2.87. The normalized spacial score (nSPS) is 15.0. The Balaban J connectivity index is 1.80. The van der Waals surface area contributed by atoms with Crippen molar-refractivity contribution in [2.45, 2.75) is 37.8 Å². The smallest absolute Gasteiger partial charge is 0.332 e. The summed E-state index contributed by atoms with van der Waals surface area (Å²) < 4.78 is 55.9. The molecule has 174 valence electrons.